The van der Waals surface area contributed by atoms with Crippen LogP contribution in [0.3, 0.4) is 0 Å². The van der Waals surface area contributed by atoms with E-state index in [1.807, 2.05) is 24.8 Å². The van der Waals surface area contributed by atoms with Crippen LogP contribution in [0.15, 0.2) is 22.8 Å². The van der Waals surface area contributed by atoms with Crippen molar-refractivity contribution >= 4 is 33.6 Å². The second kappa shape index (κ2) is 7.71. The van der Waals surface area contributed by atoms with Crippen LogP contribution in [0.25, 0.3) is 0 Å². The van der Waals surface area contributed by atoms with Gasteiger partial charge >= 0.3 is 0 Å². The number of rotatable bonds is 6. The largest absolute Gasteiger partial charge is 0.348 e. The number of aromatic nitrogens is 1. The number of pyridine rings is 1. The molecule has 1 aromatic rings. The Morgan fingerprint density at radius 2 is 2.35 bits per heavy atom. The first kappa shape index (κ1) is 14.5. The minimum Gasteiger partial charge on any atom is -0.348 e. The van der Waals surface area contributed by atoms with Crippen molar-refractivity contribution in [1.29, 1.82) is 0 Å². The smallest absolute Gasteiger partial charge is 0.270 e. The van der Waals surface area contributed by atoms with Crippen LogP contribution in [-0.2, 0) is 0 Å². The van der Waals surface area contributed by atoms with Crippen molar-refractivity contribution in [2.45, 2.75) is 26.3 Å². The maximum Gasteiger partial charge on any atom is 0.270 e. The lowest BCUT2D eigenvalue weighted by Crippen LogP contribution is -2.33. The zero-order valence-electron chi connectivity index (χ0n) is 10.1. The van der Waals surface area contributed by atoms with Crippen LogP contribution in [-0.4, -0.2) is 28.4 Å². The molecule has 0 fully saturated rings. The van der Waals surface area contributed by atoms with Gasteiger partial charge in [0, 0.05) is 6.04 Å². The van der Waals surface area contributed by atoms with Crippen molar-refractivity contribution in [2.24, 2.45) is 0 Å². The van der Waals surface area contributed by atoms with Crippen molar-refractivity contribution in [3.05, 3.63) is 28.5 Å². The van der Waals surface area contributed by atoms with Crippen LogP contribution in [0.2, 0.25) is 0 Å². The van der Waals surface area contributed by atoms with Crippen LogP contribution in [0.5, 0.6) is 0 Å². The highest BCUT2D eigenvalue weighted by molar-refractivity contribution is 9.10. The van der Waals surface area contributed by atoms with Gasteiger partial charge in [0.2, 0.25) is 0 Å². The molecule has 1 atom stereocenters. The molecular weight excluding hydrogens is 300 g/mol. The summed E-state index contributed by atoms with van der Waals surface area (Å²) in [5.41, 5.74) is 0.453. The molecule has 17 heavy (non-hydrogen) atoms. The summed E-state index contributed by atoms with van der Waals surface area (Å²) in [6, 6.07) is 5.51. The van der Waals surface area contributed by atoms with Gasteiger partial charge in [-0.1, -0.05) is 13.0 Å². The van der Waals surface area contributed by atoms with Crippen molar-refractivity contribution in [3.63, 3.8) is 0 Å². The average Bonchev–Trinajstić information content (AvgIpc) is 2.29. The third-order valence-corrected chi connectivity index (χ3v) is 3.60. The predicted molar refractivity (Wildman–Crippen MR) is 76.5 cm³/mol. The summed E-state index contributed by atoms with van der Waals surface area (Å²) in [6.45, 7) is 4.16. The van der Waals surface area contributed by atoms with E-state index in [1.54, 1.807) is 12.1 Å². The minimum absolute atomic E-state index is 0.111. The van der Waals surface area contributed by atoms with Crippen LogP contribution in [0.1, 0.15) is 30.8 Å². The average molecular weight is 317 g/mol. The molecule has 1 N–H and O–H groups in total. The molecule has 0 bridgehead atoms. The van der Waals surface area contributed by atoms with Gasteiger partial charge in [0.25, 0.3) is 5.91 Å². The first-order valence-corrected chi connectivity index (χ1v) is 7.59. The molecule has 0 aliphatic carbocycles. The van der Waals surface area contributed by atoms with E-state index < -0.39 is 0 Å². The Bertz CT molecular complexity index is 373. The Balaban J connectivity index is 2.43. The van der Waals surface area contributed by atoms with Crippen molar-refractivity contribution in [2.75, 3.05) is 11.5 Å². The van der Waals surface area contributed by atoms with Gasteiger partial charge in [-0.2, -0.15) is 11.8 Å². The van der Waals surface area contributed by atoms with Gasteiger partial charge in [0.15, 0.2) is 0 Å². The zero-order valence-corrected chi connectivity index (χ0v) is 12.5. The molecule has 3 nitrogen and oxygen atoms in total. The lowest BCUT2D eigenvalue weighted by molar-refractivity contribution is 0.0934. The summed E-state index contributed by atoms with van der Waals surface area (Å²) >= 11 is 5.14. The summed E-state index contributed by atoms with van der Waals surface area (Å²) < 4.78 is 0.680. The van der Waals surface area contributed by atoms with E-state index in [0.717, 1.165) is 17.9 Å². The number of hydrogen-bond donors (Lipinski definition) is 1. The third-order valence-electron chi connectivity index (χ3n) is 2.22. The van der Waals surface area contributed by atoms with Crippen LogP contribution in [0, 0.1) is 0 Å². The third kappa shape index (κ3) is 5.55. The molecule has 1 unspecified atom stereocenters. The number of carbonyl (C=O) groups is 1. The molecule has 94 valence electrons. The normalized spacial score (nSPS) is 12.2. The number of nitrogens with one attached hydrogen (secondary N) is 1. The topological polar surface area (TPSA) is 42.0 Å². The fourth-order valence-electron chi connectivity index (χ4n) is 1.31. The second-order valence-electron chi connectivity index (χ2n) is 3.71. The van der Waals surface area contributed by atoms with Crippen LogP contribution >= 0.6 is 27.7 Å². The highest BCUT2D eigenvalue weighted by Crippen LogP contribution is 2.07. The van der Waals surface area contributed by atoms with E-state index in [1.165, 1.54) is 0 Å². The molecule has 1 heterocycles. The first-order chi connectivity index (χ1) is 8.13. The van der Waals surface area contributed by atoms with Gasteiger partial charge in [-0.25, -0.2) is 4.98 Å². The highest BCUT2D eigenvalue weighted by Gasteiger charge is 2.10. The monoisotopic (exact) mass is 316 g/mol. The summed E-state index contributed by atoms with van der Waals surface area (Å²) in [7, 11) is 0. The highest BCUT2D eigenvalue weighted by atomic mass is 79.9. The molecule has 0 aliphatic heterocycles. The van der Waals surface area contributed by atoms with Gasteiger partial charge in [0.1, 0.15) is 10.3 Å². The van der Waals surface area contributed by atoms with Gasteiger partial charge in [-0.15, -0.1) is 0 Å². The second-order valence-corrected chi connectivity index (χ2v) is 5.91. The van der Waals surface area contributed by atoms with E-state index in [4.69, 9.17) is 0 Å². The van der Waals surface area contributed by atoms with Crippen molar-refractivity contribution in [3.8, 4) is 0 Å². The molecular formula is C12H17BrN2OS. The predicted octanol–water partition coefficient (Wildman–Crippen LogP) is 3.11. The summed E-state index contributed by atoms with van der Waals surface area (Å²) in [5, 5.41) is 2.95. The fourth-order valence-corrected chi connectivity index (χ4v) is 2.46. The number of amides is 1. The minimum atomic E-state index is -0.111. The van der Waals surface area contributed by atoms with Crippen molar-refractivity contribution in [1.82, 2.24) is 10.3 Å². The van der Waals surface area contributed by atoms with Crippen molar-refractivity contribution < 1.29 is 4.79 Å². The molecule has 1 amide bonds. The molecule has 1 rings (SSSR count). The SMILES string of the molecule is CCSCCC(C)NC(=O)c1cccc(Br)n1. The Hall–Kier alpha value is -0.550. The van der Waals surface area contributed by atoms with E-state index in [2.05, 4.69) is 33.2 Å². The van der Waals surface area contributed by atoms with Crippen LogP contribution < -0.4 is 5.32 Å². The van der Waals surface area contributed by atoms with E-state index >= 15 is 0 Å². The Morgan fingerprint density at radius 1 is 1.59 bits per heavy atom. The zero-order chi connectivity index (χ0) is 12.7. The lowest BCUT2D eigenvalue weighted by Gasteiger charge is -2.13. The summed E-state index contributed by atoms with van der Waals surface area (Å²) in [5.74, 6) is 2.08. The molecule has 0 saturated heterocycles. The molecule has 0 aliphatic rings. The number of hydrogen-bond acceptors (Lipinski definition) is 3. The van der Waals surface area contributed by atoms with Gasteiger partial charge in [-0.05, 0) is 52.9 Å². The number of nitrogens with zero attached hydrogens (tertiary/aromatic N) is 1. The van der Waals surface area contributed by atoms with Gasteiger partial charge in [-0.3, -0.25) is 4.79 Å². The molecule has 0 saturated carbocycles. The Labute approximate surface area is 115 Å². The number of halogens is 1. The van der Waals surface area contributed by atoms with E-state index in [-0.39, 0.29) is 11.9 Å². The Morgan fingerprint density at radius 3 is 3.00 bits per heavy atom. The number of carbonyl (C=O) groups excluding carboxylic acids is 1. The maximum atomic E-state index is 11.8. The Kier molecular flexibility index (Phi) is 6.58. The lowest BCUT2D eigenvalue weighted by atomic mass is 10.2. The molecule has 1 aromatic heterocycles. The molecule has 5 heteroatoms. The van der Waals surface area contributed by atoms with E-state index in [9.17, 15) is 4.79 Å². The maximum absolute atomic E-state index is 11.8. The number of thioether (sulfide) groups is 1. The fraction of sp³-hybridized carbons (Fsp3) is 0.500. The van der Waals surface area contributed by atoms with Gasteiger partial charge in [0.05, 0.1) is 0 Å². The molecule has 0 radical (unpaired) electrons. The summed E-state index contributed by atoms with van der Waals surface area (Å²) in [6.07, 6.45) is 0.984. The van der Waals surface area contributed by atoms with E-state index in [0.29, 0.717) is 10.3 Å². The first-order valence-electron chi connectivity index (χ1n) is 5.64. The quantitative estimate of drug-likeness (QED) is 0.647. The molecule has 0 spiro atoms. The molecule has 0 aromatic carbocycles. The standard InChI is InChI=1S/C12H17BrN2OS/c1-3-17-8-7-9(2)14-12(16)10-5-4-6-11(13)15-10/h4-6,9H,3,7-8H2,1-2H3,(H,14,16). The summed E-state index contributed by atoms with van der Waals surface area (Å²) in [4.78, 5) is 16.0. The van der Waals surface area contributed by atoms with Gasteiger partial charge < -0.3 is 5.32 Å². The van der Waals surface area contributed by atoms with Crippen LogP contribution in [0.4, 0.5) is 0 Å².